The minimum atomic E-state index is -1.45. The molecule has 0 fully saturated rings. The third-order valence-electron chi connectivity index (χ3n) is 2.49. The summed E-state index contributed by atoms with van der Waals surface area (Å²) in [5.41, 5.74) is -1.37. The third kappa shape index (κ3) is 3.46. The minimum Gasteiger partial charge on any atom is -0.385 e. The molecule has 0 aromatic heterocycles. The Labute approximate surface area is 99.0 Å². The normalized spacial score (nSPS) is 15.0. The second kappa shape index (κ2) is 5.53. The van der Waals surface area contributed by atoms with Crippen molar-refractivity contribution in [3.63, 3.8) is 0 Å². The summed E-state index contributed by atoms with van der Waals surface area (Å²) in [6.07, 6.45) is -1.02. The first-order valence-electron chi connectivity index (χ1n) is 5.12. The highest BCUT2D eigenvalue weighted by Crippen LogP contribution is 2.22. The molecule has 1 unspecified atom stereocenters. The molecule has 0 aliphatic carbocycles. The Morgan fingerprint density at radius 3 is 2.41 bits per heavy atom. The highest BCUT2D eigenvalue weighted by Gasteiger charge is 2.33. The van der Waals surface area contributed by atoms with Gasteiger partial charge in [0.15, 0.2) is 6.29 Å². The number of ether oxygens (including phenoxy) is 2. The van der Waals surface area contributed by atoms with E-state index in [1.54, 1.807) is 0 Å². The second-order valence-corrected chi connectivity index (χ2v) is 4.07. The van der Waals surface area contributed by atoms with Gasteiger partial charge in [0.2, 0.25) is 0 Å². The van der Waals surface area contributed by atoms with Crippen molar-refractivity contribution in [2.24, 2.45) is 0 Å². The van der Waals surface area contributed by atoms with Crippen LogP contribution in [0.2, 0.25) is 0 Å². The van der Waals surface area contributed by atoms with E-state index in [1.165, 1.54) is 21.1 Å². The van der Waals surface area contributed by atoms with Crippen LogP contribution in [-0.4, -0.2) is 31.2 Å². The number of benzene rings is 1. The van der Waals surface area contributed by atoms with Crippen LogP contribution in [0.3, 0.4) is 0 Å². The molecule has 96 valence electrons. The molecule has 17 heavy (non-hydrogen) atoms. The number of aliphatic hydroxyl groups is 1. The Hall–Kier alpha value is -1.04. The van der Waals surface area contributed by atoms with Crippen molar-refractivity contribution in [3.05, 3.63) is 35.4 Å². The van der Waals surface area contributed by atoms with Gasteiger partial charge in [-0.15, -0.1) is 0 Å². The van der Waals surface area contributed by atoms with Crippen LogP contribution in [0.25, 0.3) is 0 Å². The zero-order chi connectivity index (χ0) is 13.1. The summed E-state index contributed by atoms with van der Waals surface area (Å²) in [5.74, 6) is -1.12. The van der Waals surface area contributed by atoms with Crippen molar-refractivity contribution in [1.82, 2.24) is 0 Å². The molecule has 1 atom stereocenters. The van der Waals surface area contributed by atoms with E-state index >= 15 is 0 Å². The van der Waals surface area contributed by atoms with Gasteiger partial charge < -0.3 is 14.6 Å². The van der Waals surface area contributed by atoms with Gasteiger partial charge in [0.05, 0.1) is 0 Å². The topological polar surface area (TPSA) is 38.7 Å². The maximum Gasteiger partial charge on any atom is 0.185 e. The predicted octanol–water partition coefficient (Wildman–Crippen LogP) is 1.88. The fraction of sp³-hybridized carbons (Fsp3) is 0.500. The molecule has 3 nitrogen and oxygen atoms in total. The van der Waals surface area contributed by atoms with E-state index in [1.807, 2.05) is 0 Å². The molecule has 1 rings (SSSR count). The molecule has 5 heteroatoms. The molecule has 0 aliphatic heterocycles. The van der Waals surface area contributed by atoms with E-state index in [0.29, 0.717) is 0 Å². The second-order valence-electron chi connectivity index (χ2n) is 4.07. The van der Waals surface area contributed by atoms with Crippen molar-refractivity contribution >= 4 is 0 Å². The highest BCUT2D eigenvalue weighted by molar-refractivity contribution is 5.20. The number of halogens is 2. The average molecular weight is 246 g/mol. The van der Waals surface area contributed by atoms with Gasteiger partial charge in [-0.2, -0.15) is 0 Å². The number of hydrogen-bond donors (Lipinski definition) is 1. The average Bonchev–Trinajstić information content (AvgIpc) is 2.24. The lowest BCUT2D eigenvalue weighted by atomic mass is 9.95. The quantitative estimate of drug-likeness (QED) is 0.806. The first-order chi connectivity index (χ1) is 7.90. The van der Waals surface area contributed by atoms with Crippen molar-refractivity contribution in [2.75, 3.05) is 14.2 Å². The molecule has 0 spiro atoms. The first kappa shape index (κ1) is 14.0. The molecule has 0 heterocycles. The number of rotatable bonds is 5. The van der Waals surface area contributed by atoms with Gasteiger partial charge in [0, 0.05) is 20.6 Å². The van der Waals surface area contributed by atoms with Crippen LogP contribution in [0.4, 0.5) is 8.78 Å². The van der Waals surface area contributed by atoms with Gasteiger partial charge in [-0.1, -0.05) is 0 Å². The largest absolute Gasteiger partial charge is 0.385 e. The predicted molar refractivity (Wildman–Crippen MR) is 58.5 cm³/mol. The van der Waals surface area contributed by atoms with Gasteiger partial charge in [-0.25, -0.2) is 8.78 Å². The molecule has 0 aliphatic rings. The number of methoxy groups -OCH3 is 2. The molecule has 0 saturated heterocycles. The zero-order valence-electron chi connectivity index (χ0n) is 10.0. The molecule has 0 bridgehead atoms. The summed E-state index contributed by atoms with van der Waals surface area (Å²) < 4.78 is 36.2. The van der Waals surface area contributed by atoms with E-state index in [0.717, 1.165) is 18.2 Å². The summed E-state index contributed by atoms with van der Waals surface area (Å²) in [4.78, 5) is 0. The van der Waals surface area contributed by atoms with E-state index in [4.69, 9.17) is 9.47 Å². The van der Waals surface area contributed by atoms with E-state index in [2.05, 4.69) is 0 Å². The standard InChI is InChI=1S/C12H16F2O3/c1-12(15,11(16-2)17-3)7-8-6-9(13)4-5-10(8)14/h4-6,11,15H,7H2,1-3H3. The molecule has 1 aromatic rings. The van der Waals surface area contributed by atoms with Gasteiger partial charge in [-0.3, -0.25) is 0 Å². The number of hydrogen-bond acceptors (Lipinski definition) is 3. The Bertz CT molecular complexity index is 376. The van der Waals surface area contributed by atoms with Gasteiger partial charge in [0.1, 0.15) is 17.2 Å². The first-order valence-corrected chi connectivity index (χ1v) is 5.12. The molecular formula is C12H16F2O3. The van der Waals surface area contributed by atoms with Crippen LogP contribution >= 0.6 is 0 Å². The van der Waals surface area contributed by atoms with Gasteiger partial charge >= 0.3 is 0 Å². The molecule has 0 saturated carbocycles. The van der Waals surface area contributed by atoms with Crippen molar-refractivity contribution in [3.8, 4) is 0 Å². The van der Waals surface area contributed by atoms with E-state index < -0.39 is 23.5 Å². The maximum absolute atomic E-state index is 13.4. The Kier molecular flexibility index (Phi) is 4.56. The maximum atomic E-state index is 13.4. The summed E-state index contributed by atoms with van der Waals surface area (Å²) in [6.45, 7) is 1.44. The molecule has 1 N–H and O–H groups in total. The van der Waals surface area contributed by atoms with Crippen LogP contribution in [-0.2, 0) is 15.9 Å². The summed E-state index contributed by atoms with van der Waals surface area (Å²) >= 11 is 0. The monoisotopic (exact) mass is 246 g/mol. The van der Waals surface area contributed by atoms with Crippen LogP contribution < -0.4 is 0 Å². The zero-order valence-corrected chi connectivity index (χ0v) is 10.0. The molecular weight excluding hydrogens is 230 g/mol. The van der Waals surface area contributed by atoms with E-state index in [9.17, 15) is 13.9 Å². The minimum absolute atomic E-state index is 0.0779. The molecule has 0 radical (unpaired) electrons. The fourth-order valence-corrected chi connectivity index (χ4v) is 1.75. The van der Waals surface area contributed by atoms with Gasteiger partial charge in [0.25, 0.3) is 0 Å². The van der Waals surface area contributed by atoms with Crippen molar-refractivity contribution in [2.45, 2.75) is 25.2 Å². The summed E-state index contributed by atoms with van der Waals surface area (Å²) in [7, 11) is 2.73. The van der Waals surface area contributed by atoms with Crippen LogP contribution in [0.1, 0.15) is 12.5 Å². The Morgan fingerprint density at radius 2 is 1.88 bits per heavy atom. The van der Waals surface area contributed by atoms with Crippen LogP contribution in [0.15, 0.2) is 18.2 Å². The lowest BCUT2D eigenvalue weighted by molar-refractivity contribution is -0.207. The van der Waals surface area contributed by atoms with Crippen LogP contribution in [0, 0.1) is 11.6 Å². The Balaban J connectivity index is 2.92. The van der Waals surface area contributed by atoms with Crippen LogP contribution in [0.5, 0.6) is 0 Å². The van der Waals surface area contributed by atoms with E-state index in [-0.39, 0.29) is 12.0 Å². The SMILES string of the molecule is COC(OC)C(C)(O)Cc1cc(F)ccc1F. The lowest BCUT2D eigenvalue weighted by Gasteiger charge is -2.30. The summed E-state index contributed by atoms with van der Waals surface area (Å²) in [5, 5.41) is 10.1. The van der Waals surface area contributed by atoms with Gasteiger partial charge in [-0.05, 0) is 30.7 Å². The third-order valence-corrected chi connectivity index (χ3v) is 2.49. The van der Waals surface area contributed by atoms with Crippen molar-refractivity contribution in [1.29, 1.82) is 0 Å². The highest BCUT2D eigenvalue weighted by atomic mass is 19.1. The Morgan fingerprint density at radius 1 is 1.29 bits per heavy atom. The smallest absolute Gasteiger partial charge is 0.185 e. The summed E-state index contributed by atoms with van der Waals surface area (Å²) in [6, 6.07) is 3.10. The molecule has 1 aromatic carbocycles. The molecule has 0 amide bonds. The van der Waals surface area contributed by atoms with Crippen molar-refractivity contribution < 1.29 is 23.4 Å². The fourth-order valence-electron chi connectivity index (χ4n) is 1.75. The lowest BCUT2D eigenvalue weighted by Crippen LogP contribution is -2.44.